The third kappa shape index (κ3) is 4.40. The average Bonchev–Trinajstić information content (AvgIpc) is 2.66. The van der Waals surface area contributed by atoms with Crippen LogP contribution in [0.25, 0.3) is 0 Å². The van der Waals surface area contributed by atoms with Crippen LogP contribution in [-0.4, -0.2) is 51.4 Å². The minimum Gasteiger partial charge on any atom is -0.367 e. The van der Waals surface area contributed by atoms with Crippen LogP contribution in [0.5, 0.6) is 0 Å². The standard InChI is InChI=1S/C18H21N5O3/c1-12-4-3-5-15(21-12)18(25)23-8-9-26-16(11-23)17-19-7-6-14(22-17)10-20-13(2)24/h3-7,16H,8-11H2,1-2H3,(H,20,24). The van der Waals surface area contributed by atoms with Gasteiger partial charge in [0, 0.05) is 25.4 Å². The second-order valence-corrected chi connectivity index (χ2v) is 6.09. The first-order valence-electron chi connectivity index (χ1n) is 8.43. The number of hydrogen-bond donors (Lipinski definition) is 1. The fourth-order valence-electron chi connectivity index (χ4n) is 2.70. The van der Waals surface area contributed by atoms with Crippen molar-refractivity contribution in [2.75, 3.05) is 19.7 Å². The van der Waals surface area contributed by atoms with Crippen molar-refractivity contribution in [2.45, 2.75) is 26.5 Å². The normalized spacial score (nSPS) is 17.0. The van der Waals surface area contributed by atoms with Crippen LogP contribution in [0.1, 0.15) is 40.7 Å². The Hall–Kier alpha value is -2.87. The number of pyridine rings is 1. The van der Waals surface area contributed by atoms with Gasteiger partial charge < -0.3 is 15.0 Å². The van der Waals surface area contributed by atoms with Gasteiger partial charge in [0.2, 0.25) is 5.91 Å². The molecule has 0 radical (unpaired) electrons. The van der Waals surface area contributed by atoms with Gasteiger partial charge in [0.1, 0.15) is 11.8 Å². The molecule has 1 unspecified atom stereocenters. The van der Waals surface area contributed by atoms with Gasteiger partial charge in [0.05, 0.1) is 25.4 Å². The molecule has 0 bridgehead atoms. The average molecular weight is 355 g/mol. The zero-order chi connectivity index (χ0) is 18.5. The first-order chi connectivity index (χ1) is 12.5. The van der Waals surface area contributed by atoms with Gasteiger partial charge in [-0.25, -0.2) is 15.0 Å². The highest BCUT2D eigenvalue weighted by atomic mass is 16.5. The van der Waals surface area contributed by atoms with E-state index in [1.54, 1.807) is 23.2 Å². The molecule has 8 nitrogen and oxygen atoms in total. The van der Waals surface area contributed by atoms with E-state index in [1.165, 1.54) is 6.92 Å². The lowest BCUT2D eigenvalue weighted by Gasteiger charge is -2.32. The summed E-state index contributed by atoms with van der Waals surface area (Å²) in [5.41, 5.74) is 1.92. The first kappa shape index (κ1) is 17.9. The molecule has 3 heterocycles. The van der Waals surface area contributed by atoms with E-state index in [0.29, 0.717) is 43.5 Å². The summed E-state index contributed by atoms with van der Waals surface area (Å²) in [6, 6.07) is 7.13. The minimum absolute atomic E-state index is 0.124. The summed E-state index contributed by atoms with van der Waals surface area (Å²) in [6.07, 6.45) is 1.22. The van der Waals surface area contributed by atoms with Crippen molar-refractivity contribution in [3.05, 3.63) is 53.4 Å². The van der Waals surface area contributed by atoms with Crippen molar-refractivity contribution in [2.24, 2.45) is 0 Å². The number of ether oxygens (including phenoxy) is 1. The number of amides is 2. The first-order valence-corrected chi connectivity index (χ1v) is 8.43. The fraction of sp³-hybridized carbons (Fsp3) is 0.389. The molecule has 2 amide bonds. The molecule has 0 aromatic carbocycles. The van der Waals surface area contributed by atoms with Crippen LogP contribution in [0.4, 0.5) is 0 Å². The van der Waals surface area contributed by atoms with E-state index in [9.17, 15) is 9.59 Å². The van der Waals surface area contributed by atoms with E-state index < -0.39 is 6.10 Å². The zero-order valence-corrected chi connectivity index (χ0v) is 14.8. The molecule has 8 heteroatoms. The maximum absolute atomic E-state index is 12.7. The molecule has 0 spiro atoms. The topological polar surface area (TPSA) is 97.3 Å². The SMILES string of the molecule is CC(=O)NCc1ccnc(C2CN(C(=O)c3cccc(C)n3)CCO2)n1. The Morgan fingerprint density at radius 1 is 1.31 bits per heavy atom. The molecule has 1 aliphatic heterocycles. The molecular formula is C18H21N5O3. The summed E-state index contributed by atoms with van der Waals surface area (Å²) in [4.78, 5) is 38.5. The molecule has 136 valence electrons. The predicted octanol–water partition coefficient (Wildman–Crippen LogP) is 1.03. The molecular weight excluding hydrogens is 334 g/mol. The highest BCUT2D eigenvalue weighted by Crippen LogP contribution is 2.20. The number of nitrogens with zero attached hydrogens (tertiary/aromatic N) is 4. The molecule has 2 aromatic rings. The van der Waals surface area contributed by atoms with Crippen LogP contribution < -0.4 is 5.32 Å². The molecule has 1 fully saturated rings. The Morgan fingerprint density at radius 3 is 2.92 bits per heavy atom. The van der Waals surface area contributed by atoms with Gasteiger partial charge in [-0.1, -0.05) is 6.07 Å². The van der Waals surface area contributed by atoms with Crippen LogP contribution in [0.15, 0.2) is 30.5 Å². The maximum Gasteiger partial charge on any atom is 0.272 e. The highest BCUT2D eigenvalue weighted by Gasteiger charge is 2.28. The predicted molar refractivity (Wildman–Crippen MR) is 93.1 cm³/mol. The number of carbonyl (C=O) groups excluding carboxylic acids is 2. The smallest absolute Gasteiger partial charge is 0.272 e. The lowest BCUT2D eigenvalue weighted by atomic mass is 10.2. The number of nitrogens with one attached hydrogen (secondary N) is 1. The lowest BCUT2D eigenvalue weighted by molar-refractivity contribution is -0.119. The maximum atomic E-state index is 12.7. The fourth-order valence-corrected chi connectivity index (χ4v) is 2.70. The second-order valence-electron chi connectivity index (χ2n) is 6.09. The second kappa shape index (κ2) is 8.01. The van der Waals surface area contributed by atoms with Crippen LogP contribution in [0.3, 0.4) is 0 Å². The van der Waals surface area contributed by atoms with Crippen molar-refractivity contribution in [1.29, 1.82) is 0 Å². The quantitative estimate of drug-likeness (QED) is 0.880. The van der Waals surface area contributed by atoms with Gasteiger partial charge in [0.15, 0.2) is 5.82 Å². The monoisotopic (exact) mass is 355 g/mol. The Morgan fingerprint density at radius 2 is 2.15 bits per heavy atom. The van der Waals surface area contributed by atoms with E-state index in [2.05, 4.69) is 20.3 Å². The Labute approximate surface area is 151 Å². The van der Waals surface area contributed by atoms with Gasteiger partial charge in [-0.2, -0.15) is 0 Å². The minimum atomic E-state index is -0.408. The molecule has 1 N–H and O–H groups in total. The summed E-state index contributed by atoms with van der Waals surface area (Å²) in [6.45, 7) is 4.89. The molecule has 2 aromatic heterocycles. The van der Waals surface area contributed by atoms with Crippen LogP contribution >= 0.6 is 0 Å². The lowest BCUT2D eigenvalue weighted by Crippen LogP contribution is -2.43. The molecule has 3 rings (SSSR count). The molecule has 0 saturated carbocycles. The van der Waals surface area contributed by atoms with Gasteiger partial charge in [-0.3, -0.25) is 9.59 Å². The van der Waals surface area contributed by atoms with Gasteiger partial charge >= 0.3 is 0 Å². The number of morpholine rings is 1. The van der Waals surface area contributed by atoms with Crippen LogP contribution in [-0.2, 0) is 16.1 Å². The van der Waals surface area contributed by atoms with E-state index in [4.69, 9.17) is 4.74 Å². The number of hydrogen-bond acceptors (Lipinski definition) is 6. The Bertz CT molecular complexity index is 811. The Kier molecular flexibility index (Phi) is 5.52. The van der Waals surface area contributed by atoms with Crippen molar-refractivity contribution >= 4 is 11.8 Å². The van der Waals surface area contributed by atoms with Crippen LogP contribution in [0, 0.1) is 6.92 Å². The van der Waals surface area contributed by atoms with Crippen molar-refractivity contribution < 1.29 is 14.3 Å². The zero-order valence-electron chi connectivity index (χ0n) is 14.8. The summed E-state index contributed by atoms with van der Waals surface area (Å²) < 4.78 is 5.76. The summed E-state index contributed by atoms with van der Waals surface area (Å²) in [5.74, 6) is 0.250. The van der Waals surface area contributed by atoms with Gasteiger partial charge in [-0.15, -0.1) is 0 Å². The van der Waals surface area contributed by atoms with E-state index >= 15 is 0 Å². The molecule has 0 aliphatic carbocycles. The summed E-state index contributed by atoms with van der Waals surface area (Å²) in [5, 5.41) is 2.70. The van der Waals surface area contributed by atoms with E-state index in [1.807, 2.05) is 19.1 Å². The van der Waals surface area contributed by atoms with Crippen molar-refractivity contribution in [3.8, 4) is 0 Å². The number of aryl methyl sites for hydroxylation is 1. The molecule has 1 saturated heterocycles. The molecule has 1 atom stereocenters. The van der Waals surface area contributed by atoms with Crippen molar-refractivity contribution in [1.82, 2.24) is 25.2 Å². The highest BCUT2D eigenvalue weighted by molar-refractivity contribution is 5.92. The Balaban J connectivity index is 1.71. The third-order valence-electron chi connectivity index (χ3n) is 4.00. The van der Waals surface area contributed by atoms with E-state index in [0.717, 1.165) is 5.69 Å². The summed E-state index contributed by atoms with van der Waals surface area (Å²) >= 11 is 0. The number of carbonyl (C=O) groups is 2. The van der Waals surface area contributed by atoms with Gasteiger partial charge in [0.25, 0.3) is 5.91 Å². The largest absolute Gasteiger partial charge is 0.367 e. The number of rotatable bonds is 4. The van der Waals surface area contributed by atoms with Gasteiger partial charge in [-0.05, 0) is 25.1 Å². The molecule has 26 heavy (non-hydrogen) atoms. The summed E-state index contributed by atoms with van der Waals surface area (Å²) in [7, 11) is 0. The van der Waals surface area contributed by atoms with E-state index in [-0.39, 0.29) is 11.8 Å². The van der Waals surface area contributed by atoms with Crippen LogP contribution in [0.2, 0.25) is 0 Å². The third-order valence-corrected chi connectivity index (χ3v) is 4.00. The molecule has 1 aliphatic rings. The number of aromatic nitrogens is 3. The van der Waals surface area contributed by atoms with Crippen molar-refractivity contribution in [3.63, 3.8) is 0 Å².